The molecule has 0 nitrogen and oxygen atoms in total. The van der Waals surface area contributed by atoms with E-state index in [4.69, 9.17) is 0 Å². The van der Waals surface area contributed by atoms with E-state index in [9.17, 15) is 0 Å². The van der Waals surface area contributed by atoms with Crippen molar-refractivity contribution in [2.45, 2.75) is 0 Å². The second kappa shape index (κ2) is 13.0. The molecule has 52 heavy (non-hydrogen) atoms. The molecular formula is C50H36Ge2. The van der Waals surface area contributed by atoms with Gasteiger partial charge >= 0.3 is 303 Å². The van der Waals surface area contributed by atoms with Gasteiger partial charge in [-0.2, -0.15) is 0 Å². The topological polar surface area (TPSA) is 0 Å². The molecule has 244 valence electrons. The van der Waals surface area contributed by atoms with Crippen molar-refractivity contribution in [3.05, 3.63) is 188 Å². The van der Waals surface area contributed by atoms with Gasteiger partial charge in [0.1, 0.15) is 0 Å². The number of benzene rings is 9. The fourth-order valence-corrected chi connectivity index (χ4v) is 14.4. The Morgan fingerprint density at radius 3 is 1.58 bits per heavy atom. The first kappa shape index (κ1) is 31.3. The third-order valence-corrected chi connectivity index (χ3v) is 17.4. The van der Waals surface area contributed by atoms with Crippen molar-refractivity contribution in [2.24, 2.45) is 0 Å². The standard InChI is InChI=1S/C50H36Ge2/c51-47-24-6-4-16-38(47)36-15-8-14-35(30-36)37-18-9-20-41-45(37)31-46-39(43-22-11-23-44-40-17-5-7-25-48(40)52-50(43)44)19-10-21-42(46)49(41)34-28-26-33(27-29-34)32-12-2-1-3-13-32/h1-31H,52H2,51H3. The Hall–Kier alpha value is -5.41. The zero-order valence-electron chi connectivity index (χ0n) is 29.1. The van der Waals surface area contributed by atoms with Gasteiger partial charge in [0.2, 0.25) is 0 Å². The second-order valence-electron chi connectivity index (χ2n) is 14.1. The summed E-state index contributed by atoms with van der Waals surface area (Å²) in [7, 11) is 0. The van der Waals surface area contributed by atoms with Crippen LogP contribution in [0.15, 0.2) is 188 Å². The molecule has 0 bridgehead atoms. The van der Waals surface area contributed by atoms with Crippen LogP contribution in [0, 0.1) is 0 Å². The molecule has 0 N–H and O–H groups in total. The van der Waals surface area contributed by atoms with Gasteiger partial charge in [0.15, 0.2) is 0 Å². The number of hydrogen-bond acceptors (Lipinski definition) is 0. The molecule has 0 spiro atoms. The van der Waals surface area contributed by atoms with Gasteiger partial charge < -0.3 is 0 Å². The van der Waals surface area contributed by atoms with Gasteiger partial charge in [-0.3, -0.25) is 0 Å². The van der Waals surface area contributed by atoms with E-state index in [0.717, 1.165) is 0 Å². The predicted molar refractivity (Wildman–Crippen MR) is 231 cm³/mol. The molecule has 9 aromatic rings. The Kier molecular flexibility index (Phi) is 7.82. The Labute approximate surface area is 319 Å². The average molecular weight is 782 g/mol. The first-order valence-corrected chi connectivity index (χ1v) is 23.3. The molecule has 0 saturated heterocycles. The van der Waals surface area contributed by atoms with E-state index >= 15 is 0 Å². The van der Waals surface area contributed by atoms with Crippen LogP contribution >= 0.6 is 0 Å². The molecule has 0 amide bonds. The summed E-state index contributed by atoms with van der Waals surface area (Å²) >= 11 is -0.560. The van der Waals surface area contributed by atoms with Gasteiger partial charge in [0.25, 0.3) is 0 Å². The van der Waals surface area contributed by atoms with Crippen LogP contribution in [-0.4, -0.2) is 31.9 Å². The summed E-state index contributed by atoms with van der Waals surface area (Å²) in [5, 5.41) is 5.20. The third-order valence-electron chi connectivity index (χ3n) is 11.1. The minimum absolute atomic E-state index is 0.599. The summed E-state index contributed by atoms with van der Waals surface area (Å²) in [6.45, 7) is 0. The summed E-state index contributed by atoms with van der Waals surface area (Å²) in [6, 6.07) is 70.5. The Balaban J connectivity index is 1.24. The zero-order chi connectivity index (χ0) is 34.6. The van der Waals surface area contributed by atoms with E-state index in [-0.39, 0.29) is 0 Å². The van der Waals surface area contributed by atoms with Crippen LogP contribution < -0.4 is 13.2 Å². The molecule has 9 aromatic carbocycles. The van der Waals surface area contributed by atoms with E-state index in [0.29, 0.717) is 16.5 Å². The van der Waals surface area contributed by atoms with Crippen LogP contribution in [0.5, 0.6) is 0 Å². The van der Waals surface area contributed by atoms with Gasteiger partial charge in [0.05, 0.1) is 0 Å². The van der Waals surface area contributed by atoms with Gasteiger partial charge in [0, 0.05) is 0 Å². The minimum atomic E-state index is -1.16. The molecule has 1 heterocycles. The van der Waals surface area contributed by atoms with Crippen molar-refractivity contribution >= 4 is 66.7 Å². The Morgan fingerprint density at radius 2 is 0.808 bits per heavy atom. The number of rotatable bonds is 5. The van der Waals surface area contributed by atoms with Crippen LogP contribution in [0.3, 0.4) is 0 Å². The molecule has 0 fully saturated rings. The summed E-state index contributed by atoms with van der Waals surface area (Å²) in [5.74, 6) is 0. The monoisotopic (exact) mass is 784 g/mol. The fourth-order valence-electron chi connectivity index (χ4n) is 8.59. The fraction of sp³-hybridized carbons (Fsp3) is 0. The average Bonchev–Trinajstić information content (AvgIpc) is 3.59. The van der Waals surface area contributed by atoms with Crippen LogP contribution in [0.4, 0.5) is 0 Å². The zero-order valence-corrected chi connectivity index (χ0v) is 36.3. The van der Waals surface area contributed by atoms with Crippen molar-refractivity contribution < 1.29 is 0 Å². The van der Waals surface area contributed by atoms with Crippen molar-refractivity contribution in [3.63, 3.8) is 0 Å². The second-order valence-corrected chi connectivity index (χ2v) is 20.1. The van der Waals surface area contributed by atoms with E-state index in [1.54, 1.807) is 8.79 Å². The third kappa shape index (κ3) is 5.29. The van der Waals surface area contributed by atoms with Gasteiger partial charge in [-0.15, -0.1) is 0 Å². The quantitative estimate of drug-likeness (QED) is 0.121. The Bertz CT molecular complexity index is 2810. The molecule has 0 unspecified atom stereocenters. The maximum atomic E-state index is 2.50. The SMILES string of the molecule is [GeH3][c]1ccccc1-c1cccc(-c2cccc3c(-c4ccc(-c5ccccc5)cc4)c4cccc(-c5cccc6[c]5[GeH2][c]5ccccc5-6)c4cc23)c1. The van der Waals surface area contributed by atoms with Crippen LogP contribution in [-0.2, 0) is 0 Å². The van der Waals surface area contributed by atoms with Crippen molar-refractivity contribution in [1.82, 2.24) is 0 Å². The molecule has 0 atom stereocenters. The van der Waals surface area contributed by atoms with Gasteiger partial charge in [-0.05, 0) is 0 Å². The molecule has 0 aliphatic carbocycles. The van der Waals surface area contributed by atoms with Gasteiger partial charge in [-0.1, -0.05) is 18.2 Å². The molecule has 1 aliphatic heterocycles. The van der Waals surface area contributed by atoms with Crippen LogP contribution in [0.1, 0.15) is 0 Å². The van der Waals surface area contributed by atoms with Crippen LogP contribution in [0.2, 0.25) is 0 Å². The van der Waals surface area contributed by atoms with Crippen molar-refractivity contribution in [3.8, 4) is 66.8 Å². The van der Waals surface area contributed by atoms with Crippen molar-refractivity contribution in [2.75, 3.05) is 0 Å². The molecule has 0 radical (unpaired) electrons. The van der Waals surface area contributed by atoms with Gasteiger partial charge in [-0.25, -0.2) is 0 Å². The molecule has 0 saturated carbocycles. The van der Waals surface area contributed by atoms with E-state index in [1.165, 1.54) is 92.7 Å². The molecule has 1 aliphatic rings. The van der Waals surface area contributed by atoms with E-state index in [2.05, 4.69) is 188 Å². The first-order valence-electron chi connectivity index (χ1n) is 18.2. The van der Waals surface area contributed by atoms with E-state index < -0.39 is 15.4 Å². The Morgan fingerprint density at radius 1 is 0.308 bits per heavy atom. The summed E-state index contributed by atoms with van der Waals surface area (Å²) in [4.78, 5) is 0. The predicted octanol–water partition coefficient (Wildman–Crippen LogP) is 9.42. The summed E-state index contributed by atoms with van der Waals surface area (Å²) < 4.78 is 4.69. The van der Waals surface area contributed by atoms with Crippen LogP contribution in [0.25, 0.3) is 88.3 Å². The summed E-state index contributed by atoms with van der Waals surface area (Å²) in [5.41, 5.74) is 15.9. The molecular weight excluding hydrogens is 746 g/mol. The van der Waals surface area contributed by atoms with E-state index in [1.807, 2.05) is 0 Å². The first-order chi connectivity index (χ1) is 25.7. The van der Waals surface area contributed by atoms with Crippen molar-refractivity contribution in [1.29, 1.82) is 0 Å². The summed E-state index contributed by atoms with van der Waals surface area (Å²) in [6.07, 6.45) is 0. The maximum absolute atomic E-state index is 2.50. The number of hydrogen-bond donors (Lipinski definition) is 0. The number of fused-ring (bicyclic) bond motifs is 5. The molecule has 2 heteroatoms. The normalized spacial score (nSPS) is 12.4. The molecule has 0 aromatic heterocycles. The molecule has 10 rings (SSSR count).